The number of benzene rings is 3. The summed E-state index contributed by atoms with van der Waals surface area (Å²) in [6.07, 6.45) is 6.34. The molecule has 6 heterocycles. The van der Waals surface area contributed by atoms with E-state index in [9.17, 15) is 19.3 Å². The van der Waals surface area contributed by atoms with E-state index in [2.05, 4.69) is 40.6 Å². The number of aliphatic hydroxyl groups is 1. The van der Waals surface area contributed by atoms with Crippen LogP contribution in [0.25, 0.3) is 28.1 Å². The maximum absolute atomic E-state index is 15.5. The summed E-state index contributed by atoms with van der Waals surface area (Å²) < 4.78 is 46.5. The quantitative estimate of drug-likeness (QED) is 0.114. The van der Waals surface area contributed by atoms with Crippen LogP contribution < -0.4 is 22.1 Å². The van der Waals surface area contributed by atoms with E-state index < -0.39 is 36.0 Å². The van der Waals surface area contributed by atoms with Gasteiger partial charge in [0.15, 0.2) is 5.82 Å². The Morgan fingerprint density at radius 3 is 2.39 bits per heavy atom. The van der Waals surface area contributed by atoms with Crippen molar-refractivity contribution in [1.29, 1.82) is 0 Å². The second-order valence-electron chi connectivity index (χ2n) is 18.5. The van der Waals surface area contributed by atoms with Crippen molar-refractivity contribution in [3.63, 3.8) is 0 Å². The van der Waals surface area contributed by atoms with Crippen molar-refractivity contribution in [2.24, 2.45) is 5.92 Å². The molecule has 3 N–H and O–H groups in total. The van der Waals surface area contributed by atoms with Gasteiger partial charge in [-0.15, -0.1) is 0 Å². The number of hydrogen-bond donors (Lipinski definition) is 3. The van der Waals surface area contributed by atoms with E-state index in [0.717, 1.165) is 23.7 Å². The van der Waals surface area contributed by atoms with Gasteiger partial charge in [0, 0.05) is 79.2 Å². The number of nitrogens with one attached hydrogen (secondary N) is 2. The third-order valence-electron chi connectivity index (χ3n) is 14.6. The van der Waals surface area contributed by atoms with E-state index in [1.165, 1.54) is 21.6 Å². The fourth-order valence-corrected chi connectivity index (χ4v) is 13.0. The zero-order chi connectivity index (χ0) is 47.3. The van der Waals surface area contributed by atoms with Gasteiger partial charge in [-0.3, -0.25) is 23.4 Å². The van der Waals surface area contributed by atoms with Crippen LogP contribution in [-0.4, -0.2) is 88.3 Å². The third-order valence-corrected chi connectivity index (χ3v) is 18.0. The topological polar surface area (TPSA) is 187 Å². The van der Waals surface area contributed by atoms with Crippen LogP contribution in [0.1, 0.15) is 103 Å². The molecule has 350 valence electrons. The number of H-pyrrole nitrogens is 1. The molecule has 16 nitrogen and oxygen atoms in total. The molecule has 0 radical (unpaired) electrons. The number of carbonyl (C=O) groups excluding carboxylic acids is 1. The standard InChI is InChI=1S/C49H55FN9O7P/c1-8-67(64,31(6)60)41-12-10-35(25-38(41)51-7)56-17-18-57(48(56)63)44-42-30(5)55(16-13-37(42)53-59(44)36-21-27(2)43(50)28(3)22-36)45(61)40-24-34-23-33(32-14-19-65-20-15-32)9-11-39(34)58(40)49(26-29(49)4)46-52-47(62)66-54-46/h9-12,17-18,21-25,29-32,51,60H,8,13-16,19-20,26H2,1-7H3,(H,52,54,62)/t29-,30-,31?,49-,67+/m0/s1. The monoisotopic (exact) mass is 931 g/mol. The number of hydrogen-bond acceptors (Lipinski definition) is 10. The van der Waals surface area contributed by atoms with E-state index in [1.807, 2.05) is 22.5 Å². The van der Waals surface area contributed by atoms with Crippen LogP contribution in [0.4, 0.5) is 10.1 Å². The number of nitrogens with zero attached hydrogens (tertiary/aromatic N) is 7. The lowest BCUT2D eigenvalue weighted by Crippen LogP contribution is -2.41. The van der Waals surface area contributed by atoms with E-state index >= 15 is 9.18 Å². The molecule has 1 amide bonds. The maximum Gasteiger partial charge on any atom is 0.438 e. The molecule has 3 aliphatic rings. The molecule has 3 aromatic carbocycles. The van der Waals surface area contributed by atoms with Crippen molar-refractivity contribution in [3.05, 3.63) is 133 Å². The molecular weight excluding hydrogens is 877 g/mol. The number of aromatic nitrogens is 7. The highest BCUT2D eigenvalue weighted by molar-refractivity contribution is 7.72. The molecule has 2 aliphatic heterocycles. The molecular formula is C49H55FN9O7P. The molecule has 7 aromatic rings. The lowest BCUT2D eigenvalue weighted by atomic mass is 9.91. The Labute approximate surface area is 385 Å². The van der Waals surface area contributed by atoms with E-state index in [0.29, 0.717) is 101 Å². The SMILES string of the molecule is CC[P@](=O)(c1ccc(-n2ccn(-c3c4c(nn3-c3cc(C)c(F)c(C)c3)CCN(C(=O)c3cc5cc(C6CCOCC6)ccc5n3[C@@]3(c5noc(=O)[nH]5)C[C@@H]3C)[C@H]4C)c2=O)cc1NC)C(C)O. The van der Waals surface area contributed by atoms with Crippen LogP contribution in [0.2, 0.25) is 0 Å². The van der Waals surface area contributed by atoms with Crippen molar-refractivity contribution >= 4 is 34.9 Å². The Hall–Kier alpha value is -6.29. The Morgan fingerprint density at radius 2 is 1.75 bits per heavy atom. The summed E-state index contributed by atoms with van der Waals surface area (Å²) >= 11 is 0. The number of amides is 1. The van der Waals surface area contributed by atoms with Gasteiger partial charge in [-0.05, 0) is 124 Å². The largest absolute Gasteiger partial charge is 0.438 e. The highest BCUT2D eigenvalue weighted by Crippen LogP contribution is 2.56. The molecule has 67 heavy (non-hydrogen) atoms. The first kappa shape index (κ1) is 44.5. The van der Waals surface area contributed by atoms with Gasteiger partial charge in [-0.25, -0.2) is 18.7 Å². The molecule has 18 heteroatoms. The first-order chi connectivity index (χ1) is 32.1. The number of imidazole rings is 1. The third kappa shape index (κ3) is 6.99. The summed E-state index contributed by atoms with van der Waals surface area (Å²) in [6.45, 7) is 12.4. The Balaban J connectivity index is 1.11. The molecule has 4 aromatic heterocycles. The zero-order valence-electron chi connectivity index (χ0n) is 38.7. The number of aromatic amines is 1. The summed E-state index contributed by atoms with van der Waals surface area (Å²) in [5, 5.41) is 24.3. The fraction of sp³-hybridized carbons (Fsp3) is 0.408. The number of aryl methyl sites for hydroxylation is 2. The van der Waals surface area contributed by atoms with E-state index in [4.69, 9.17) is 14.4 Å². The highest BCUT2D eigenvalue weighted by Gasteiger charge is 2.59. The van der Waals surface area contributed by atoms with Crippen LogP contribution in [0.5, 0.6) is 0 Å². The first-order valence-corrected chi connectivity index (χ1v) is 25.0. The summed E-state index contributed by atoms with van der Waals surface area (Å²) in [7, 11) is -1.48. The van der Waals surface area contributed by atoms with Crippen molar-refractivity contribution in [2.45, 2.75) is 90.6 Å². The van der Waals surface area contributed by atoms with Crippen molar-refractivity contribution < 1.29 is 28.1 Å². The second kappa shape index (κ2) is 16.5. The van der Waals surface area contributed by atoms with Gasteiger partial charge in [-0.2, -0.15) is 5.10 Å². The molecule has 2 fully saturated rings. The van der Waals surface area contributed by atoms with Crippen LogP contribution in [0.3, 0.4) is 0 Å². The average molecular weight is 932 g/mol. The molecule has 0 spiro atoms. The minimum atomic E-state index is -3.19. The number of ether oxygens (including phenoxy) is 1. The Morgan fingerprint density at radius 1 is 1.03 bits per heavy atom. The number of carbonyl (C=O) groups is 1. The number of aliphatic hydroxyl groups excluding tert-OH is 1. The minimum Gasteiger partial charge on any atom is -0.387 e. The molecule has 1 saturated carbocycles. The zero-order valence-corrected chi connectivity index (χ0v) is 39.6. The van der Waals surface area contributed by atoms with Gasteiger partial charge in [0.2, 0.25) is 0 Å². The van der Waals surface area contributed by atoms with Crippen LogP contribution in [-0.2, 0) is 21.3 Å². The Kier molecular flexibility index (Phi) is 11.0. The van der Waals surface area contributed by atoms with Crippen molar-refractivity contribution in [2.75, 3.05) is 38.3 Å². The summed E-state index contributed by atoms with van der Waals surface area (Å²) in [6, 6.07) is 16.2. The number of halogens is 1. The summed E-state index contributed by atoms with van der Waals surface area (Å²) in [4.78, 5) is 47.4. The predicted octanol–water partition coefficient (Wildman–Crippen LogP) is 7.03. The second-order valence-corrected chi connectivity index (χ2v) is 21.9. The smallest absolute Gasteiger partial charge is 0.387 e. The Bertz CT molecular complexity index is 3260. The van der Waals surface area contributed by atoms with Gasteiger partial charge < -0.3 is 29.2 Å². The maximum atomic E-state index is 15.5. The molecule has 10 rings (SSSR count). The van der Waals surface area contributed by atoms with E-state index in [-0.39, 0.29) is 23.8 Å². The number of rotatable bonds is 11. The first-order valence-electron chi connectivity index (χ1n) is 23.0. The van der Waals surface area contributed by atoms with Crippen LogP contribution >= 0.6 is 7.14 Å². The highest BCUT2D eigenvalue weighted by atomic mass is 31.2. The lowest BCUT2D eigenvalue weighted by molar-refractivity contribution is 0.0663. The number of anilines is 1. The fourth-order valence-electron chi connectivity index (χ4n) is 10.8. The van der Waals surface area contributed by atoms with Gasteiger partial charge in [0.1, 0.15) is 35.9 Å². The van der Waals surface area contributed by atoms with Gasteiger partial charge in [-0.1, -0.05) is 25.1 Å². The molecule has 1 aliphatic carbocycles. The van der Waals surface area contributed by atoms with Crippen LogP contribution in [0.15, 0.2) is 81.1 Å². The van der Waals surface area contributed by atoms with Crippen molar-refractivity contribution in [3.8, 4) is 17.2 Å². The predicted molar refractivity (Wildman–Crippen MR) is 253 cm³/mol. The van der Waals surface area contributed by atoms with Crippen molar-refractivity contribution in [1.82, 2.24) is 38.5 Å². The summed E-state index contributed by atoms with van der Waals surface area (Å²) in [5.74, 6) is -1.23. The lowest BCUT2D eigenvalue weighted by Gasteiger charge is -2.34. The molecule has 0 bridgehead atoms. The normalized spacial score (nSPS) is 21.1. The van der Waals surface area contributed by atoms with Gasteiger partial charge in [0.25, 0.3) is 5.91 Å². The number of fused-ring (bicyclic) bond motifs is 2. The average Bonchev–Trinajstić information content (AvgIpc) is 3.82. The molecule has 5 atom stereocenters. The summed E-state index contributed by atoms with van der Waals surface area (Å²) in [5.41, 5.74) is 4.90. The van der Waals surface area contributed by atoms with Gasteiger partial charge in [0.05, 0.1) is 23.1 Å². The van der Waals surface area contributed by atoms with Crippen LogP contribution in [0, 0.1) is 25.6 Å². The minimum absolute atomic E-state index is 0.00843. The molecule has 1 unspecified atom stereocenters. The van der Waals surface area contributed by atoms with E-state index in [1.54, 1.807) is 75.2 Å². The van der Waals surface area contributed by atoms with Gasteiger partial charge >= 0.3 is 11.4 Å². The molecule has 1 saturated heterocycles.